The zero-order chi connectivity index (χ0) is 5.98. The van der Waals surface area contributed by atoms with Crippen molar-refractivity contribution >= 4 is 21.8 Å². The summed E-state index contributed by atoms with van der Waals surface area (Å²) in [7, 11) is 0. The molecule has 8 heavy (non-hydrogen) atoms. The molecule has 3 heteroatoms. The summed E-state index contributed by atoms with van der Waals surface area (Å²) in [6.45, 7) is 0.891. The maximum atomic E-state index is 5.45. The first-order chi connectivity index (χ1) is 3.79. The predicted molar refractivity (Wildman–Crippen MR) is 38.4 cm³/mol. The molecule has 0 aromatic rings. The molecule has 1 aliphatic heterocycles. The van der Waals surface area contributed by atoms with E-state index in [4.69, 9.17) is 5.73 Å². The van der Waals surface area contributed by atoms with Gasteiger partial charge in [0.2, 0.25) is 0 Å². The van der Waals surface area contributed by atoms with Crippen LogP contribution in [-0.4, -0.2) is 17.2 Å². The first-order valence-corrected chi connectivity index (χ1v) is 3.63. The molecule has 0 fully saturated rings. The molecule has 0 aromatic carbocycles. The van der Waals surface area contributed by atoms with Gasteiger partial charge in [0.05, 0.1) is 5.84 Å². The largest absolute Gasteiger partial charge is 0.387 e. The van der Waals surface area contributed by atoms with E-state index >= 15 is 0 Å². The highest BCUT2D eigenvalue weighted by Crippen LogP contribution is 2.13. The summed E-state index contributed by atoms with van der Waals surface area (Å²) in [4.78, 5) is 4.61. The summed E-state index contributed by atoms with van der Waals surface area (Å²) in [5.41, 5.74) is 5.45. The highest BCUT2D eigenvalue weighted by Gasteiger charge is 2.09. The second-order valence-corrected chi connectivity index (χ2v) is 3.26. The molecule has 0 radical (unpaired) electrons. The van der Waals surface area contributed by atoms with Crippen molar-refractivity contribution < 1.29 is 0 Å². The normalized spacial score (nSPS) is 29.6. The quantitative estimate of drug-likeness (QED) is 0.548. The Morgan fingerprint density at radius 2 is 2.50 bits per heavy atom. The number of halogens is 1. The molecule has 1 aliphatic rings. The number of nitrogens with two attached hydrogens (primary N) is 1. The molecule has 0 spiro atoms. The number of nitrogens with zero attached hydrogens (tertiary/aromatic N) is 1. The summed E-state index contributed by atoms with van der Waals surface area (Å²) in [6.07, 6.45) is 2.04. The second-order valence-electron chi connectivity index (χ2n) is 1.96. The van der Waals surface area contributed by atoms with Gasteiger partial charge in [0.25, 0.3) is 0 Å². The lowest BCUT2D eigenvalue weighted by atomic mass is 10.2. The van der Waals surface area contributed by atoms with E-state index in [9.17, 15) is 0 Å². The number of hydrogen-bond donors (Lipinski definition) is 1. The summed E-state index contributed by atoms with van der Waals surface area (Å²) in [5, 5.41) is 0. The van der Waals surface area contributed by atoms with Crippen LogP contribution >= 0.6 is 15.9 Å². The fraction of sp³-hybridized carbons (Fsp3) is 0.800. The monoisotopic (exact) mass is 176 g/mol. The first-order valence-electron chi connectivity index (χ1n) is 2.72. The number of alkyl halides is 1. The Bertz CT molecular complexity index is 111. The molecule has 0 saturated heterocycles. The van der Waals surface area contributed by atoms with Gasteiger partial charge in [-0.1, -0.05) is 15.9 Å². The van der Waals surface area contributed by atoms with E-state index in [1.54, 1.807) is 0 Å². The van der Waals surface area contributed by atoms with Gasteiger partial charge in [-0.15, -0.1) is 0 Å². The highest BCUT2D eigenvalue weighted by atomic mass is 79.9. The van der Waals surface area contributed by atoms with Crippen LogP contribution in [0.1, 0.15) is 12.8 Å². The molecule has 0 amide bonds. The molecule has 0 aromatic heterocycles. The first kappa shape index (κ1) is 6.08. The van der Waals surface area contributed by atoms with Crippen molar-refractivity contribution in [2.24, 2.45) is 10.7 Å². The molecule has 46 valence electrons. The Hall–Kier alpha value is -0.0500. The predicted octanol–water partition coefficient (Wildman–Crippen LogP) is 0.901. The smallest absolute Gasteiger partial charge is 0.0948 e. The van der Waals surface area contributed by atoms with Crippen molar-refractivity contribution in [3.8, 4) is 0 Å². The van der Waals surface area contributed by atoms with E-state index in [1.165, 1.54) is 0 Å². The van der Waals surface area contributed by atoms with Gasteiger partial charge in [0.1, 0.15) is 0 Å². The maximum Gasteiger partial charge on any atom is 0.0948 e. The third-order valence-electron chi connectivity index (χ3n) is 1.19. The standard InChI is InChI=1S/C5H9BrN2/c6-4-1-2-8-5(7)3-4/h4H,1-3H2,(H2,7,8). The molecule has 1 unspecified atom stereocenters. The zero-order valence-electron chi connectivity index (χ0n) is 4.60. The summed E-state index contributed by atoms with van der Waals surface area (Å²) in [6, 6.07) is 0. The van der Waals surface area contributed by atoms with Crippen LogP contribution in [0.25, 0.3) is 0 Å². The second kappa shape index (κ2) is 2.49. The van der Waals surface area contributed by atoms with E-state index in [1.807, 2.05) is 0 Å². The molecule has 1 rings (SSSR count). The SMILES string of the molecule is NC1=NCCC(Br)C1. The van der Waals surface area contributed by atoms with Crippen molar-refractivity contribution in [3.05, 3.63) is 0 Å². The van der Waals surface area contributed by atoms with E-state index in [2.05, 4.69) is 20.9 Å². The van der Waals surface area contributed by atoms with Crippen molar-refractivity contribution in [2.75, 3.05) is 6.54 Å². The van der Waals surface area contributed by atoms with Gasteiger partial charge in [-0.2, -0.15) is 0 Å². The van der Waals surface area contributed by atoms with Crippen LogP contribution in [0.4, 0.5) is 0 Å². The molecule has 2 nitrogen and oxygen atoms in total. The molecule has 0 saturated carbocycles. The Labute approximate surface area is 57.3 Å². The molecule has 2 N–H and O–H groups in total. The lowest BCUT2D eigenvalue weighted by molar-refractivity contribution is 0.760. The number of hydrogen-bond acceptors (Lipinski definition) is 2. The minimum atomic E-state index is 0.569. The molecule has 0 bridgehead atoms. The fourth-order valence-corrected chi connectivity index (χ4v) is 1.28. The zero-order valence-corrected chi connectivity index (χ0v) is 6.19. The lowest BCUT2D eigenvalue weighted by Crippen LogP contribution is -2.22. The topological polar surface area (TPSA) is 38.4 Å². The van der Waals surface area contributed by atoms with E-state index in [0.717, 1.165) is 25.2 Å². The number of aliphatic imine (C=N–C) groups is 1. The van der Waals surface area contributed by atoms with Crippen LogP contribution in [0, 0.1) is 0 Å². The average Bonchev–Trinajstić information content (AvgIpc) is 1.64. The van der Waals surface area contributed by atoms with Crippen LogP contribution < -0.4 is 5.73 Å². The summed E-state index contributed by atoms with van der Waals surface area (Å²) in [5.74, 6) is 0.790. The van der Waals surface area contributed by atoms with Crippen molar-refractivity contribution in [3.63, 3.8) is 0 Å². The average molecular weight is 177 g/mol. The van der Waals surface area contributed by atoms with Crippen LogP contribution in [0.2, 0.25) is 0 Å². The molecule has 1 heterocycles. The Kier molecular flexibility index (Phi) is 1.89. The maximum absolute atomic E-state index is 5.45. The minimum absolute atomic E-state index is 0.569. The van der Waals surface area contributed by atoms with Gasteiger partial charge in [0, 0.05) is 17.8 Å². The van der Waals surface area contributed by atoms with Gasteiger partial charge >= 0.3 is 0 Å². The minimum Gasteiger partial charge on any atom is -0.387 e. The van der Waals surface area contributed by atoms with Gasteiger partial charge in [-0.25, -0.2) is 0 Å². The van der Waals surface area contributed by atoms with Crippen LogP contribution in [-0.2, 0) is 0 Å². The van der Waals surface area contributed by atoms with Gasteiger partial charge in [-0.3, -0.25) is 4.99 Å². The van der Waals surface area contributed by atoms with Gasteiger partial charge < -0.3 is 5.73 Å². The summed E-state index contributed by atoms with van der Waals surface area (Å²) >= 11 is 3.47. The molecular formula is C5H9BrN2. The van der Waals surface area contributed by atoms with Gasteiger partial charge in [0.15, 0.2) is 0 Å². The van der Waals surface area contributed by atoms with Crippen LogP contribution in [0.15, 0.2) is 4.99 Å². The van der Waals surface area contributed by atoms with Crippen molar-refractivity contribution in [2.45, 2.75) is 17.7 Å². The van der Waals surface area contributed by atoms with E-state index in [-0.39, 0.29) is 0 Å². The number of amidine groups is 1. The number of rotatable bonds is 0. The highest BCUT2D eigenvalue weighted by molar-refractivity contribution is 9.09. The fourth-order valence-electron chi connectivity index (χ4n) is 0.742. The third-order valence-corrected chi connectivity index (χ3v) is 1.97. The van der Waals surface area contributed by atoms with Crippen LogP contribution in [0.3, 0.4) is 0 Å². The van der Waals surface area contributed by atoms with Crippen molar-refractivity contribution in [1.29, 1.82) is 0 Å². The van der Waals surface area contributed by atoms with Crippen molar-refractivity contribution in [1.82, 2.24) is 0 Å². The van der Waals surface area contributed by atoms with E-state index < -0.39 is 0 Å². The molecule has 1 atom stereocenters. The lowest BCUT2D eigenvalue weighted by Gasteiger charge is -2.12. The van der Waals surface area contributed by atoms with E-state index in [0.29, 0.717) is 4.83 Å². The third kappa shape index (κ3) is 1.47. The molecule has 0 aliphatic carbocycles. The Morgan fingerprint density at radius 3 is 2.88 bits per heavy atom. The van der Waals surface area contributed by atoms with Gasteiger partial charge in [-0.05, 0) is 6.42 Å². The molecular weight excluding hydrogens is 168 g/mol. The Morgan fingerprint density at radius 1 is 1.75 bits per heavy atom. The summed E-state index contributed by atoms with van der Waals surface area (Å²) < 4.78 is 0. The van der Waals surface area contributed by atoms with Crippen LogP contribution in [0.5, 0.6) is 0 Å². The Balaban J connectivity index is 2.45.